The van der Waals surface area contributed by atoms with Gasteiger partial charge in [-0.05, 0) is 34.1 Å². The van der Waals surface area contributed by atoms with Gasteiger partial charge in [-0.3, -0.25) is 0 Å². The molecule has 134 valence electrons. The summed E-state index contributed by atoms with van der Waals surface area (Å²) in [6.45, 7) is 11.7. The number of esters is 2. The van der Waals surface area contributed by atoms with Gasteiger partial charge >= 0.3 is 11.9 Å². The Morgan fingerprint density at radius 2 is 2.12 bits per heavy atom. The van der Waals surface area contributed by atoms with Crippen LogP contribution in [0.5, 0.6) is 0 Å². The molecule has 6 atom stereocenters. The van der Waals surface area contributed by atoms with Crippen molar-refractivity contribution in [3.63, 3.8) is 0 Å². The van der Waals surface area contributed by atoms with Crippen molar-refractivity contribution in [2.75, 3.05) is 0 Å². The average Bonchev–Trinajstić information content (AvgIpc) is 3.03. The van der Waals surface area contributed by atoms with Crippen molar-refractivity contribution in [2.24, 2.45) is 11.8 Å². The highest BCUT2D eigenvalue weighted by atomic mass is 16.6. The van der Waals surface area contributed by atoms with Crippen LogP contribution in [0, 0.1) is 11.8 Å². The molecule has 0 aromatic rings. The number of carbonyl (C=O) groups excluding carboxylic acids is 2. The summed E-state index contributed by atoms with van der Waals surface area (Å²) in [6.07, 6.45) is 2.60. The van der Waals surface area contributed by atoms with Crippen molar-refractivity contribution in [2.45, 2.75) is 64.4 Å². The zero-order valence-corrected chi connectivity index (χ0v) is 15.1. The second-order valence-corrected chi connectivity index (χ2v) is 7.82. The van der Waals surface area contributed by atoms with Crippen LogP contribution in [0.15, 0.2) is 34.9 Å². The Balaban J connectivity index is 1.73. The topological polar surface area (TPSA) is 65.1 Å². The Hall–Kier alpha value is -1.88. The quantitative estimate of drug-likeness (QED) is 0.334. The highest BCUT2D eigenvalue weighted by Gasteiger charge is 2.70. The molecule has 0 aromatic carbocycles. The lowest BCUT2D eigenvalue weighted by Gasteiger charge is -2.30. The van der Waals surface area contributed by atoms with Crippen LogP contribution in [0.3, 0.4) is 0 Å². The molecule has 0 spiro atoms. The maximum absolute atomic E-state index is 12.3. The molecule has 0 unspecified atom stereocenters. The van der Waals surface area contributed by atoms with Crippen LogP contribution in [0.1, 0.15) is 40.5 Å². The molecule has 1 saturated carbocycles. The lowest BCUT2D eigenvalue weighted by Crippen LogP contribution is -2.40. The van der Waals surface area contributed by atoms with E-state index < -0.39 is 6.10 Å². The predicted molar refractivity (Wildman–Crippen MR) is 90.5 cm³/mol. The summed E-state index contributed by atoms with van der Waals surface area (Å²) in [4.78, 5) is 24.6. The molecule has 4 aliphatic rings. The van der Waals surface area contributed by atoms with Gasteiger partial charge in [-0.2, -0.15) is 0 Å². The van der Waals surface area contributed by atoms with E-state index in [9.17, 15) is 9.59 Å². The molecule has 2 aliphatic heterocycles. The van der Waals surface area contributed by atoms with Gasteiger partial charge in [-0.1, -0.05) is 23.8 Å². The van der Waals surface area contributed by atoms with E-state index in [-0.39, 0.29) is 41.6 Å². The van der Waals surface area contributed by atoms with Gasteiger partial charge in [0.25, 0.3) is 0 Å². The third-order valence-corrected chi connectivity index (χ3v) is 6.44. The molecule has 0 amide bonds. The zero-order chi connectivity index (χ0) is 18.1. The van der Waals surface area contributed by atoms with Crippen LogP contribution >= 0.6 is 0 Å². The molecule has 25 heavy (non-hydrogen) atoms. The van der Waals surface area contributed by atoms with E-state index in [1.54, 1.807) is 19.9 Å². The van der Waals surface area contributed by atoms with Gasteiger partial charge in [-0.15, -0.1) is 0 Å². The van der Waals surface area contributed by atoms with E-state index in [1.165, 1.54) is 11.1 Å². The molecule has 2 aliphatic carbocycles. The summed E-state index contributed by atoms with van der Waals surface area (Å²) in [7, 11) is 0. The summed E-state index contributed by atoms with van der Waals surface area (Å²) < 4.78 is 17.4. The van der Waals surface area contributed by atoms with Crippen LogP contribution in [-0.2, 0) is 23.8 Å². The lowest BCUT2D eigenvalue weighted by atomic mass is 9.80. The van der Waals surface area contributed by atoms with Gasteiger partial charge in [0.15, 0.2) is 0 Å². The van der Waals surface area contributed by atoms with Crippen LogP contribution in [0.2, 0.25) is 0 Å². The summed E-state index contributed by atoms with van der Waals surface area (Å²) in [5.41, 5.74) is 3.21. The van der Waals surface area contributed by atoms with Gasteiger partial charge < -0.3 is 14.2 Å². The van der Waals surface area contributed by atoms with Crippen molar-refractivity contribution in [3.8, 4) is 0 Å². The molecule has 0 N–H and O–H groups in total. The predicted octanol–water partition coefficient (Wildman–Crippen LogP) is 2.86. The van der Waals surface area contributed by atoms with Gasteiger partial charge in [0.2, 0.25) is 0 Å². The first kappa shape index (κ1) is 16.6. The van der Waals surface area contributed by atoms with E-state index in [0.717, 1.165) is 6.42 Å². The standard InChI is InChI=1S/C20H24O5/c1-6-9(2)18(21)23-13-7-10(3)12-8-14-20(5,25-14)16(12)17-15(13)11(4)19(22)24-17/h6,13-17H,4,7-8H2,1-3,5H3/b9-6-/t13-,14-,15-,16+,17+,20-/m1/s1. The van der Waals surface area contributed by atoms with Gasteiger partial charge in [-0.25, -0.2) is 9.59 Å². The van der Waals surface area contributed by atoms with Gasteiger partial charge in [0, 0.05) is 23.5 Å². The fraction of sp³-hybridized carbons (Fsp3) is 0.600. The number of carbonyl (C=O) groups is 2. The molecule has 0 bridgehead atoms. The van der Waals surface area contributed by atoms with Crippen molar-refractivity contribution >= 4 is 11.9 Å². The summed E-state index contributed by atoms with van der Waals surface area (Å²) in [5, 5.41) is 0. The highest BCUT2D eigenvalue weighted by molar-refractivity contribution is 5.92. The first-order valence-electron chi connectivity index (χ1n) is 8.88. The van der Waals surface area contributed by atoms with Crippen molar-refractivity contribution in [1.29, 1.82) is 0 Å². The SMILES string of the molecule is C=C1C(=O)O[C@H]2[C@H]1[C@H](OC(=O)/C(C)=C\C)CC(C)=C1C[C@H]3O[C@@]3(C)[C@@H]12. The van der Waals surface area contributed by atoms with E-state index in [0.29, 0.717) is 17.6 Å². The Morgan fingerprint density at radius 3 is 2.80 bits per heavy atom. The molecule has 5 nitrogen and oxygen atoms in total. The summed E-state index contributed by atoms with van der Waals surface area (Å²) >= 11 is 0. The van der Waals surface area contributed by atoms with Crippen LogP contribution in [0.25, 0.3) is 0 Å². The van der Waals surface area contributed by atoms with E-state index in [4.69, 9.17) is 14.2 Å². The Bertz CT molecular complexity index is 745. The smallest absolute Gasteiger partial charge is 0.334 e. The Labute approximate surface area is 147 Å². The molecule has 2 heterocycles. The molecule has 4 rings (SSSR count). The number of ether oxygens (including phenoxy) is 3. The molecule has 5 heteroatoms. The monoisotopic (exact) mass is 344 g/mol. The largest absolute Gasteiger partial charge is 0.458 e. The van der Waals surface area contributed by atoms with E-state index >= 15 is 0 Å². The molecular weight excluding hydrogens is 320 g/mol. The molecule has 0 radical (unpaired) electrons. The number of epoxide rings is 1. The average molecular weight is 344 g/mol. The molecule has 2 saturated heterocycles. The van der Waals surface area contributed by atoms with E-state index in [2.05, 4.69) is 20.4 Å². The maximum atomic E-state index is 12.3. The van der Waals surface area contributed by atoms with Gasteiger partial charge in [0.05, 0.1) is 12.0 Å². The van der Waals surface area contributed by atoms with Crippen molar-refractivity contribution in [1.82, 2.24) is 0 Å². The number of hydrogen-bond acceptors (Lipinski definition) is 5. The first-order chi connectivity index (χ1) is 11.8. The highest BCUT2D eigenvalue weighted by Crippen LogP contribution is 2.62. The van der Waals surface area contributed by atoms with Crippen LogP contribution < -0.4 is 0 Å². The minimum atomic E-state index is -0.440. The minimum Gasteiger partial charge on any atom is -0.458 e. The van der Waals surface area contributed by atoms with Crippen LogP contribution in [-0.4, -0.2) is 35.9 Å². The first-order valence-corrected chi connectivity index (χ1v) is 8.88. The second-order valence-electron chi connectivity index (χ2n) is 7.82. The number of rotatable bonds is 2. The molecule has 0 aromatic heterocycles. The van der Waals surface area contributed by atoms with Crippen molar-refractivity contribution in [3.05, 3.63) is 34.9 Å². The summed E-state index contributed by atoms with van der Waals surface area (Å²) in [5.74, 6) is -1.03. The third kappa shape index (κ3) is 2.25. The maximum Gasteiger partial charge on any atom is 0.334 e. The number of hydrogen-bond donors (Lipinski definition) is 0. The zero-order valence-electron chi connectivity index (χ0n) is 15.1. The van der Waals surface area contributed by atoms with Crippen LogP contribution in [0.4, 0.5) is 0 Å². The Morgan fingerprint density at radius 1 is 1.40 bits per heavy atom. The van der Waals surface area contributed by atoms with E-state index in [1.807, 2.05) is 0 Å². The Kier molecular flexibility index (Phi) is 3.52. The van der Waals surface area contributed by atoms with Gasteiger partial charge in [0.1, 0.15) is 17.8 Å². The third-order valence-electron chi connectivity index (χ3n) is 6.44. The number of fused-ring (bicyclic) bond motifs is 5. The van der Waals surface area contributed by atoms with Crippen molar-refractivity contribution < 1.29 is 23.8 Å². The molecule has 3 fully saturated rings. The number of allylic oxidation sites excluding steroid dienone is 1. The summed E-state index contributed by atoms with van der Waals surface area (Å²) in [6, 6.07) is 0. The normalized spacial score (nSPS) is 42.4. The minimum absolute atomic E-state index is 0.0252. The molecular formula is C20H24O5. The second kappa shape index (κ2) is 5.31. The fourth-order valence-electron chi connectivity index (χ4n) is 4.77. The fourth-order valence-corrected chi connectivity index (χ4v) is 4.77. The lowest BCUT2D eigenvalue weighted by molar-refractivity contribution is -0.149.